The Morgan fingerprint density at radius 3 is 2.80 bits per heavy atom. The van der Waals surface area contributed by atoms with E-state index in [0.29, 0.717) is 25.9 Å². The number of rotatable bonds is 4. The second-order valence-electron chi connectivity index (χ2n) is 6.99. The maximum atomic E-state index is 12.7. The summed E-state index contributed by atoms with van der Waals surface area (Å²) < 4.78 is 0. The first-order valence-corrected chi connectivity index (χ1v) is 10.2. The molecule has 1 N–H and O–H groups in total. The van der Waals surface area contributed by atoms with Crippen molar-refractivity contribution >= 4 is 34.6 Å². The van der Waals surface area contributed by atoms with E-state index < -0.39 is 11.4 Å². The minimum absolute atomic E-state index is 0.0231. The van der Waals surface area contributed by atoms with Gasteiger partial charge in [-0.25, -0.2) is 4.98 Å². The number of carbonyl (C=O) groups is 2. The van der Waals surface area contributed by atoms with Gasteiger partial charge in [0.15, 0.2) is 0 Å². The first-order valence-electron chi connectivity index (χ1n) is 8.52. The molecular formula is C18H20N2O3S2. The van der Waals surface area contributed by atoms with Crippen molar-refractivity contribution in [2.24, 2.45) is 5.41 Å². The van der Waals surface area contributed by atoms with Gasteiger partial charge in [0, 0.05) is 29.8 Å². The number of aryl methyl sites for hydroxylation is 1. The molecule has 0 radical (unpaired) electrons. The summed E-state index contributed by atoms with van der Waals surface area (Å²) in [7, 11) is 0. The van der Waals surface area contributed by atoms with Crippen molar-refractivity contribution in [3.63, 3.8) is 0 Å². The Morgan fingerprint density at radius 1 is 1.40 bits per heavy atom. The summed E-state index contributed by atoms with van der Waals surface area (Å²) in [4.78, 5) is 33.0. The third-order valence-electron chi connectivity index (χ3n) is 5.34. The standard InChI is InChI=1S/C18H20N2O3S2/c1-11-19-13(10-24-11)15-7-12-9-20(6-3-14(12)25-15)16(21)8-18(17(22)23)4-2-5-18/h7,10H,2-6,8-9H2,1H3,(H,22,23). The van der Waals surface area contributed by atoms with Gasteiger partial charge >= 0.3 is 5.97 Å². The first-order chi connectivity index (χ1) is 12.0. The molecule has 2 aromatic rings. The summed E-state index contributed by atoms with van der Waals surface area (Å²) in [6.45, 7) is 3.27. The molecule has 2 aromatic heterocycles. The zero-order valence-electron chi connectivity index (χ0n) is 14.1. The van der Waals surface area contributed by atoms with Crippen molar-refractivity contribution in [1.29, 1.82) is 0 Å². The van der Waals surface area contributed by atoms with Crippen LogP contribution in [-0.4, -0.2) is 33.4 Å². The fourth-order valence-electron chi connectivity index (χ4n) is 3.62. The predicted molar refractivity (Wildman–Crippen MR) is 97.8 cm³/mol. The lowest BCUT2D eigenvalue weighted by molar-refractivity contribution is -0.159. The van der Waals surface area contributed by atoms with Crippen LogP contribution in [0.15, 0.2) is 11.4 Å². The van der Waals surface area contributed by atoms with Crippen LogP contribution in [0.5, 0.6) is 0 Å². The molecule has 3 heterocycles. The number of nitrogens with zero attached hydrogens (tertiary/aromatic N) is 2. The second kappa shape index (κ2) is 6.21. The van der Waals surface area contributed by atoms with Gasteiger partial charge in [0.1, 0.15) is 0 Å². The van der Waals surface area contributed by atoms with Crippen LogP contribution in [0.25, 0.3) is 10.6 Å². The van der Waals surface area contributed by atoms with E-state index in [-0.39, 0.29) is 12.3 Å². The van der Waals surface area contributed by atoms with E-state index >= 15 is 0 Å². The number of amides is 1. The van der Waals surface area contributed by atoms with E-state index in [2.05, 4.69) is 16.4 Å². The molecule has 7 heteroatoms. The highest BCUT2D eigenvalue weighted by Gasteiger charge is 2.46. The van der Waals surface area contributed by atoms with E-state index in [4.69, 9.17) is 0 Å². The van der Waals surface area contributed by atoms with E-state index in [1.165, 1.54) is 10.4 Å². The van der Waals surface area contributed by atoms with Gasteiger partial charge in [-0.3, -0.25) is 9.59 Å². The third kappa shape index (κ3) is 3.00. The molecule has 1 saturated carbocycles. The highest BCUT2D eigenvalue weighted by atomic mass is 32.1. The number of hydrogen-bond acceptors (Lipinski definition) is 5. The zero-order chi connectivity index (χ0) is 17.6. The molecule has 5 nitrogen and oxygen atoms in total. The first kappa shape index (κ1) is 16.7. The van der Waals surface area contributed by atoms with Crippen molar-refractivity contribution in [2.45, 2.75) is 45.6 Å². The number of hydrogen-bond donors (Lipinski definition) is 1. The van der Waals surface area contributed by atoms with Crippen LogP contribution in [0.4, 0.5) is 0 Å². The molecule has 0 unspecified atom stereocenters. The molecule has 0 saturated heterocycles. The molecule has 1 aliphatic heterocycles. The van der Waals surface area contributed by atoms with Gasteiger partial charge in [-0.05, 0) is 37.8 Å². The van der Waals surface area contributed by atoms with Crippen LogP contribution >= 0.6 is 22.7 Å². The van der Waals surface area contributed by atoms with Gasteiger partial charge in [-0.1, -0.05) is 6.42 Å². The lowest BCUT2D eigenvalue weighted by atomic mass is 9.66. The third-order valence-corrected chi connectivity index (χ3v) is 7.38. The summed E-state index contributed by atoms with van der Waals surface area (Å²) in [5.74, 6) is -0.841. The molecule has 1 amide bonds. The molecule has 0 spiro atoms. The van der Waals surface area contributed by atoms with Crippen LogP contribution in [0, 0.1) is 12.3 Å². The monoisotopic (exact) mass is 376 g/mol. The normalized spacial score (nSPS) is 18.5. The number of aromatic nitrogens is 1. The Labute approximate surface area is 154 Å². The minimum Gasteiger partial charge on any atom is -0.481 e. The van der Waals surface area contributed by atoms with E-state index in [9.17, 15) is 14.7 Å². The fraction of sp³-hybridized carbons (Fsp3) is 0.500. The Bertz CT molecular complexity index is 835. The molecule has 2 aliphatic rings. The molecule has 25 heavy (non-hydrogen) atoms. The number of fused-ring (bicyclic) bond motifs is 1. The molecule has 0 bridgehead atoms. The van der Waals surface area contributed by atoms with Gasteiger partial charge in [-0.15, -0.1) is 22.7 Å². The minimum atomic E-state index is -0.818. The maximum absolute atomic E-state index is 12.7. The van der Waals surface area contributed by atoms with Crippen LogP contribution < -0.4 is 0 Å². The Balaban J connectivity index is 1.48. The predicted octanol–water partition coefficient (Wildman–Crippen LogP) is 3.71. The Kier molecular flexibility index (Phi) is 4.16. The van der Waals surface area contributed by atoms with E-state index in [0.717, 1.165) is 28.4 Å². The smallest absolute Gasteiger partial charge is 0.310 e. The van der Waals surface area contributed by atoms with Crippen LogP contribution in [0.2, 0.25) is 0 Å². The number of carboxylic acid groups (broad SMARTS) is 1. The Morgan fingerprint density at radius 2 is 2.20 bits per heavy atom. The van der Waals surface area contributed by atoms with Gasteiger partial charge in [-0.2, -0.15) is 0 Å². The highest BCUT2D eigenvalue weighted by molar-refractivity contribution is 7.16. The SMILES string of the molecule is Cc1nc(-c2cc3c(s2)CCN(C(=O)CC2(C(=O)O)CCC2)C3)cs1. The summed E-state index contributed by atoms with van der Waals surface area (Å²) in [6.07, 6.45) is 3.14. The molecular weight excluding hydrogens is 356 g/mol. The maximum Gasteiger partial charge on any atom is 0.310 e. The van der Waals surface area contributed by atoms with Gasteiger partial charge in [0.2, 0.25) is 5.91 Å². The molecule has 4 rings (SSSR count). The van der Waals surface area contributed by atoms with Crippen LogP contribution in [-0.2, 0) is 22.6 Å². The average molecular weight is 377 g/mol. The molecule has 0 aromatic carbocycles. The highest BCUT2D eigenvalue weighted by Crippen LogP contribution is 2.45. The van der Waals surface area contributed by atoms with Gasteiger partial charge < -0.3 is 10.0 Å². The summed E-state index contributed by atoms with van der Waals surface area (Å²) >= 11 is 3.41. The van der Waals surface area contributed by atoms with Gasteiger partial charge in [0.05, 0.1) is 21.0 Å². The molecule has 1 aliphatic carbocycles. The van der Waals surface area contributed by atoms with Gasteiger partial charge in [0.25, 0.3) is 0 Å². The largest absolute Gasteiger partial charge is 0.481 e. The Hall–Kier alpha value is -1.73. The number of aliphatic carboxylic acids is 1. The summed E-state index contributed by atoms with van der Waals surface area (Å²) in [6, 6.07) is 2.14. The lowest BCUT2D eigenvalue weighted by Crippen LogP contribution is -2.44. The van der Waals surface area contributed by atoms with Crippen LogP contribution in [0.3, 0.4) is 0 Å². The lowest BCUT2D eigenvalue weighted by Gasteiger charge is -2.39. The second-order valence-corrected chi connectivity index (χ2v) is 9.19. The number of thiophene rings is 1. The zero-order valence-corrected chi connectivity index (χ0v) is 15.7. The summed E-state index contributed by atoms with van der Waals surface area (Å²) in [5, 5.41) is 12.6. The molecule has 1 fully saturated rings. The fourth-order valence-corrected chi connectivity index (χ4v) is 5.43. The van der Waals surface area contributed by atoms with Crippen molar-refractivity contribution in [3.8, 4) is 10.6 Å². The number of carboxylic acids is 1. The topological polar surface area (TPSA) is 70.5 Å². The quantitative estimate of drug-likeness (QED) is 0.883. The van der Waals surface area contributed by atoms with E-state index in [1.54, 1.807) is 22.7 Å². The van der Waals surface area contributed by atoms with Crippen molar-refractivity contribution in [1.82, 2.24) is 9.88 Å². The van der Waals surface area contributed by atoms with E-state index in [1.807, 2.05) is 11.8 Å². The molecule has 0 atom stereocenters. The van der Waals surface area contributed by atoms with Crippen molar-refractivity contribution < 1.29 is 14.7 Å². The van der Waals surface area contributed by atoms with Crippen LogP contribution in [0.1, 0.15) is 41.1 Å². The van der Waals surface area contributed by atoms with Crippen molar-refractivity contribution in [2.75, 3.05) is 6.54 Å². The van der Waals surface area contributed by atoms with Crippen molar-refractivity contribution in [3.05, 3.63) is 26.9 Å². The number of thiazole rings is 1. The average Bonchev–Trinajstić information content (AvgIpc) is 3.15. The summed E-state index contributed by atoms with van der Waals surface area (Å²) in [5.41, 5.74) is 1.39. The number of carbonyl (C=O) groups excluding carboxylic acids is 1. The molecule has 132 valence electrons.